The molecule has 4 aliphatic carbocycles. The summed E-state index contributed by atoms with van der Waals surface area (Å²) in [6, 6.07) is 16.4. The number of fused-ring (bicyclic) bond motifs is 1. The minimum absolute atomic E-state index is 0.0382. The summed E-state index contributed by atoms with van der Waals surface area (Å²) in [6.07, 6.45) is 6.75. The van der Waals surface area contributed by atoms with Crippen LogP contribution in [0.4, 0.5) is 4.79 Å². The predicted molar refractivity (Wildman–Crippen MR) is 170 cm³/mol. The molecule has 4 saturated carbocycles. The van der Waals surface area contributed by atoms with Gasteiger partial charge in [-0.2, -0.15) is 0 Å². The number of H-pyrrole nitrogens is 1. The van der Waals surface area contributed by atoms with Crippen molar-refractivity contribution in [2.45, 2.75) is 76.0 Å². The van der Waals surface area contributed by atoms with Crippen LogP contribution in [0.25, 0.3) is 10.9 Å². The smallest absolute Gasteiger partial charge is 0.408 e. The molecule has 0 saturated heterocycles. The minimum Gasteiger partial charge on any atom is -0.446 e. The average molecular weight is 630 g/mol. The third-order valence-corrected chi connectivity index (χ3v) is 10.2. The maximum atomic E-state index is 14.1. The van der Waals surface area contributed by atoms with Crippen molar-refractivity contribution >= 4 is 34.7 Å². The Morgan fingerprint density at radius 2 is 1.57 bits per heavy atom. The lowest BCUT2D eigenvalue weighted by Crippen LogP contribution is -2.60. The van der Waals surface area contributed by atoms with Crippen LogP contribution in [-0.4, -0.2) is 52.2 Å². The summed E-state index contributed by atoms with van der Waals surface area (Å²) in [5.74, 6) is 0.755. The lowest BCUT2D eigenvalue weighted by atomic mass is 9.55. The van der Waals surface area contributed by atoms with Gasteiger partial charge in [0, 0.05) is 42.9 Å². The fraction of sp³-hybridized carbons (Fsp3) is 0.486. The van der Waals surface area contributed by atoms with Gasteiger partial charge in [0.05, 0.1) is 6.04 Å². The summed E-state index contributed by atoms with van der Waals surface area (Å²) in [7, 11) is 0. The van der Waals surface area contributed by atoms with E-state index in [9.17, 15) is 19.2 Å². The molecule has 0 radical (unpaired) electrons. The third-order valence-electron chi connectivity index (χ3n) is 10.2. The van der Waals surface area contributed by atoms with Gasteiger partial charge in [-0.25, -0.2) is 10.3 Å². The molecule has 0 spiro atoms. The number of nitrogens with one attached hydrogen (secondary N) is 5. The van der Waals surface area contributed by atoms with E-state index in [0.717, 1.165) is 59.5 Å². The Morgan fingerprint density at radius 3 is 2.26 bits per heavy atom. The van der Waals surface area contributed by atoms with Gasteiger partial charge >= 0.3 is 6.09 Å². The third kappa shape index (κ3) is 7.04. The molecule has 11 heteroatoms. The first-order valence-corrected chi connectivity index (χ1v) is 16.3. The van der Waals surface area contributed by atoms with Gasteiger partial charge in [0.15, 0.2) is 0 Å². The molecular formula is C35H43N5O6. The summed E-state index contributed by atoms with van der Waals surface area (Å²) in [5.41, 5.74) is 2.71. The average Bonchev–Trinajstić information content (AvgIpc) is 3.45. The Labute approximate surface area is 268 Å². The van der Waals surface area contributed by atoms with E-state index in [0.29, 0.717) is 11.8 Å². The number of benzene rings is 2. The number of para-hydroxylation sites is 1. The van der Waals surface area contributed by atoms with E-state index in [2.05, 4.69) is 20.9 Å². The molecule has 4 fully saturated rings. The Balaban J connectivity index is 1.18. The van der Waals surface area contributed by atoms with Crippen LogP contribution in [0.3, 0.4) is 0 Å². The molecule has 244 valence electrons. The Kier molecular flexibility index (Phi) is 9.30. The van der Waals surface area contributed by atoms with E-state index in [1.165, 1.54) is 11.9 Å². The molecule has 11 nitrogen and oxygen atoms in total. The highest BCUT2D eigenvalue weighted by molar-refractivity contribution is 5.91. The van der Waals surface area contributed by atoms with Gasteiger partial charge in [0.2, 0.25) is 17.7 Å². The van der Waals surface area contributed by atoms with Crippen molar-refractivity contribution in [3.63, 3.8) is 0 Å². The summed E-state index contributed by atoms with van der Waals surface area (Å²) >= 11 is 0. The highest BCUT2D eigenvalue weighted by atomic mass is 16.6. The van der Waals surface area contributed by atoms with Gasteiger partial charge in [-0.3, -0.25) is 19.6 Å². The molecule has 1 heterocycles. The van der Waals surface area contributed by atoms with Crippen LogP contribution in [0.2, 0.25) is 0 Å². The first-order valence-electron chi connectivity index (χ1n) is 16.3. The van der Waals surface area contributed by atoms with Crippen molar-refractivity contribution in [2.24, 2.45) is 23.7 Å². The van der Waals surface area contributed by atoms with Gasteiger partial charge in [0.25, 0.3) is 0 Å². The number of carbonyl (C=O) groups excluding carboxylic acids is 4. The Morgan fingerprint density at radius 1 is 0.913 bits per heavy atom. The molecule has 0 unspecified atom stereocenters. The van der Waals surface area contributed by atoms with Crippen molar-refractivity contribution in [3.8, 4) is 0 Å². The normalized spacial score (nSPS) is 24.9. The highest BCUT2D eigenvalue weighted by Crippen LogP contribution is 2.54. The number of carbonyl (C=O) groups is 4. The number of rotatable bonds is 12. The number of aromatic nitrogens is 1. The molecule has 0 aliphatic heterocycles. The lowest BCUT2D eigenvalue weighted by molar-refractivity contribution is -0.132. The zero-order valence-electron chi connectivity index (χ0n) is 26.1. The fourth-order valence-electron chi connectivity index (χ4n) is 8.16. The Hall–Kier alpha value is -4.38. The predicted octanol–water partition coefficient (Wildman–Crippen LogP) is 4.28. The van der Waals surface area contributed by atoms with Crippen molar-refractivity contribution < 1.29 is 29.1 Å². The molecule has 46 heavy (non-hydrogen) atoms. The first kappa shape index (κ1) is 31.6. The van der Waals surface area contributed by atoms with Crippen molar-refractivity contribution in [1.29, 1.82) is 0 Å². The first-order chi connectivity index (χ1) is 22.2. The largest absolute Gasteiger partial charge is 0.446 e. The highest BCUT2D eigenvalue weighted by Gasteiger charge is 2.50. The molecule has 4 aliphatic rings. The molecule has 7 rings (SSSR count). The molecule has 1 aromatic heterocycles. The standard InChI is InChI=1S/C35H43N5O6/c1-35(18-26-19-36-28-10-6-5-9-27(26)28,39-34(44)46-32-24-14-21-13-22(16-24)17-25(32)15-21)33(43)37-20-29(23-7-3-2-4-8-23)38-30(41)11-12-31(42)40-45/h2-10,19,21-22,24-25,29,32,36,45H,11-18,20H2,1H3,(H,37,43)(H,38,41)(H,39,44)(H,40,42)/t21?,22?,24?,25?,29-,32?,35+/m0/s1. The van der Waals surface area contributed by atoms with Crippen LogP contribution < -0.4 is 21.4 Å². The molecule has 4 bridgehead atoms. The number of alkyl carbamates (subject to hydrolysis) is 1. The zero-order chi connectivity index (χ0) is 32.3. The maximum Gasteiger partial charge on any atom is 0.408 e. The second-order valence-electron chi connectivity index (χ2n) is 13.6. The van der Waals surface area contributed by atoms with E-state index in [1.807, 2.05) is 60.8 Å². The number of hydrogen-bond donors (Lipinski definition) is 6. The summed E-state index contributed by atoms with van der Waals surface area (Å²) in [5, 5.41) is 18.5. The van der Waals surface area contributed by atoms with Gasteiger partial charge in [0.1, 0.15) is 11.6 Å². The van der Waals surface area contributed by atoms with E-state index in [4.69, 9.17) is 9.94 Å². The van der Waals surface area contributed by atoms with Crippen LogP contribution in [0, 0.1) is 23.7 Å². The second kappa shape index (κ2) is 13.5. The number of amides is 4. The molecule has 2 aromatic carbocycles. The molecule has 6 N–H and O–H groups in total. The number of ether oxygens (including phenoxy) is 1. The van der Waals surface area contributed by atoms with Crippen LogP contribution in [0.5, 0.6) is 0 Å². The minimum atomic E-state index is -1.38. The number of hydrogen-bond acceptors (Lipinski definition) is 6. The van der Waals surface area contributed by atoms with Gasteiger partial charge in [-0.1, -0.05) is 48.5 Å². The zero-order valence-corrected chi connectivity index (χ0v) is 26.1. The van der Waals surface area contributed by atoms with Crippen LogP contribution in [0.1, 0.15) is 69.0 Å². The van der Waals surface area contributed by atoms with Gasteiger partial charge in [-0.05, 0) is 79.9 Å². The lowest BCUT2D eigenvalue weighted by Gasteiger charge is -2.53. The fourth-order valence-corrected chi connectivity index (χ4v) is 8.16. The van der Waals surface area contributed by atoms with Crippen molar-refractivity contribution in [1.82, 2.24) is 26.4 Å². The maximum absolute atomic E-state index is 14.1. The summed E-state index contributed by atoms with van der Waals surface area (Å²) in [4.78, 5) is 55.1. The van der Waals surface area contributed by atoms with E-state index < -0.39 is 35.4 Å². The van der Waals surface area contributed by atoms with Gasteiger partial charge < -0.3 is 25.7 Å². The summed E-state index contributed by atoms with van der Waals surface area (Å²) in [6.45, 7) is 1.74. The van der Waals surface area contributed by atoms with E-state index >= 15 is 0 Å². The number of aromatic amines is 1. The topological polar surface area (TPSA) is 162 Å². The number of hydroxylamine groups is 1. The van der Waals surface area contributed by atoms with E-state index in [1.54, 1.807) is 6.92 Å². The van der Waals surface area contributed by atoms with Crippen LogP contribution in [0.15, 0.2) is 60.8 Å². The van der Waals surface area contributed by atoms with Crippen molar-refractivity contribution in [2.75, 3.05) is 6.54 Å². The molecular weight excluding hydrogens is 586 g/mol. The van der Waals surface area contributed by atoms with E-state index in [-0.39, 0.29) is 31.9 Å². The second-order valence-corrected chi connectivity index (χ2v) is 13.6. The molecule has 2 atom stereocenters. The van der Waals surface area contributed by atoms with Crippen molar-refractivity contribution in [3.05, 3.63) is 71.9 Å². The summed E-state index contributed by atoms with van der Waals surface area (Å²) < 4.78 is 6.14. The Bertz CT molecular complexity index is 1550. The van der Waals surface area contributed by atoms with Crippen LogP contribution >= 0.6 is 0 Å². The molecule has 3 aromatic rings. The van der Waals surface area contributed by atoms with Gasteiger partial charge in [-0.15, -0.1) is 0 Å². The van der Waals surface area contributed by atoms with Crippen LogP contribution in [-0.2, 0) is 25.5 Å². The quantitative estimate of drug-likeness (QED) is 0.130. The molecule has 4 amide bonds. The SMILES string of the molecule is C[C@](Cc1c[nH]c2ccccc12)(NC(=O)OC1C2CC3CC(C2)CC1C3)C(=O)NC[C@H](NC(=O)CCC(=O)NO)c1ccccc1. The monoisotopic (exact) mass is 629 g/mol.